The predicted molar refractivity (Wildman–Crippen MR) is 73.6 cm³/mol. The summed E-state index contributed by atoms with van der Waals surface area (Å²) in [6.45, 7) is 3.55. The normalized spacial score (nSPS) is 10.7. The lowest BCUT2D eigenvalue weighted by Gasteiger charge is -1.98. The number of nitrogens with zero attached hydrogens (tertiary/aromatic N) is 2. The third-order valence-electron chi connectivity index (χ3n) is 2.41. The molecule has 0 fully saturated rings. The van der Waals surface area contributed by atoms with E-state index in [0.717, 1.165) is 12.8 Å². The molecule has 0 amide bonds. The van der Waals surface area contributed by atoms with E-state index in [1.165, 1.54) is 5.56 Å². The number of rotatable bonds is 6. The van der Waals surface area contributed by atoms with E-state index in [9.17, 15) is 0 Å². The Morgan fingerprint density at radius 2 is 2.00 bits per heavy atom. The van der Waals surface area contributed by atoms with Crippen molar-refractivity contribution in [3.05, 3.63) is 72.0 Å². The van der Waals surface area contributed by atoms with Gasteiger partial charge in [-0.15, -0.1) is 5.26 Å². The first-order valence-electron chi connectivity index (χ1n) is 5.84. The minimum Gasteiger partial charge on any atom is -0.388 e. The summed E-state index contributed by atoms with van der Waals surface area (Å²) in [4.78, 5) is 0. The van der Waals surface area contributed by atoms with Crippen molar-refractivity contribution in [2.45, 2.75) is 12.8 Å². The fourth-order valence-corrected chi connectivity index (χ4v) is 1.49. The third-order valence-corrected chi connectivity index (χ3v) is 2.41. The molecule has 0 N–H and O–H groups in total. The van der Waals surface area contributed by atoms with Gasteiger partial charge in [-0.3, -0.25) is 0 Å². The quantitative estimate of drug-likeness (QED) is 0.440. The predicted octanol–water partition coefficient (Wildman–Crippen LogP) is 3.61. The van der Waals surface area contributed by atoms with Gasteiger partial charge in [0, 0.05) is 0 Å². The molecule has 1 rings (SSSR count). The van der Waals surface area contributed by atoms with Crippen molar-refractivity contribution in [3.63, 3.8) is 0 Å². The number of benzene rings is 1. The monoisotopic (exact) mass is 250 g/mol. The highest BCUT2D eigenvalue weighted by Crippen LogP contribution is 2.07. The van der Waals surface area contributed by atoms with E-state index in [0.29, 0.717) is 11.3 Å². The number of ether oxygens (including phenoxy) is 1. The Morgan fingerprint density at radius 3 is 2.58 bits per heavy atom. The van der Waals surface area contributed by atoms with Crippen LogP contribution in [0.3, 0.4) is 0 Å². The molecule has 19 heavy (non-hydrogen) atoms. The lowest BCUT2D eigenvalue weighted by atomic mass is 10.1. The fraction of sp³-hybridized carbons (Fsp3) is 0.125. The number of hydrogen-bond acceptors (Lipinski definition) is 3. The topological polar surface area (TPSA) is 56.8 Å². The van der Waals surface area contributed by atoms with Crippen LogP contribution in [0.1, 0.15) is 17.5 Å². The van der Waals surface area contributed by atoms with Crippen LogP contribution >= 0.6 is 0 Å². The number of nitriles is 2. The van der Waals surface area contributed by atoms with Crippen LogP contribution < -0.4 is 0 Å². The zero-order valence-electron chi connectivity index (χ0n) is 10.5. The Kier molecular flexibility index (Phi) is 6.26. The molecule has 1 aromatic carbocycles. The Morgan fingerprint density at radius 1 is 1.26 bits per heavy atom. The average molecular weight is 250 g/mol. The molecule has 0 aliphatic carbocycles. The van der Waals surface area contributed by atoms with Crippen molar-refractivity contribution in [1.82, 2.24) is 0 Å². The summed E-state index contributed by atoms with van der Waals surface area (Å²) in [5.74, 6) is 0.470. The fourth-order valence-electron chi connectivity index (χ4n) is 1.49. The minimum absolute atomic E-state index is 0.470. The number of aryl methyl sites for hydroxylation is 1. The first kappa shape index (κ1) is 14.3. The van der Waals surface area contributed by atoms with Gasteiger partial charge in [-0.2, -0.15) is 5.26 Å². The SMILES string of the molecule is C=C/C=C(\C=C/CCc1ccc(C#N)cc1)OC#N. The van der Waals surface area contributed by atoms with Crippen molar-refractivity contribution in [2.75, 3.05) is 0 Å². The summed E-state index contributed by atoms with van der Waals surface area (Å²) in [6, 6.07) is 9.59. The van der Waals surface area contributed by atoms with Crippen LogP contribution in [0, 0.1) is 22.8 Å². The summed E-state index contributed by atoms with van der Waals surface area (Å²) < 4.78 is 4.74. The second kappa shape index (κ2) is 8.33. The van der Waals surface area contributed by atoms with Crippen LogP contribution in [0.2, 0.25) is 0 Å². The molecule has 0 saturated heterocycles. The lowest BCUT2D eigenvalue weighted by molar-refractivity contribution is 0.393. The molecule has 0 atom stereocenters. The van der Waals surface area contributed by atoms with Gasteiger partial charge in [0.1, 0.15) is 5.76 Å². The highest BCUT2D eigenvalue weighted by Gasteiger charge is 1.94. The van der Waals surface area contributed by atoms with Crippen LogP contribution in [0.5, 0.6) is 0 Å². The van der Waals surface area contributed by atoms with Crippen LogP contribution in [0.4, 0.5) is 0 Å². The smallest absolute Gasteiger partial charge is 0.292 e. The molecular weight excluding hydrogens is 236 g/mol. The summed E-state index contributed by atoms with van der Waals surface area (Å²) >= 11 is 0. The van der Waals surface area contributed by atoms with Crippen molar-refractivity contribution in [2.24, 2.45) is 0 Å². The second-order valence-corrected chi connectivity index (χ2v) is 3.75. The zero-order chi connectivity index (χ0) is 13.9. The highest BCUT2D eigenvalue weighted by molar-refractivity contribution is 5.31. The Bertz CT molecular complexity index is 554. The molecule has 0 bridgehead atoms. The van der Waals surface area contributed by atoms with Gasteiger partial charge in [-0.1, -0.05) is 30.9 Å². The maximum Gasteiger partial charge on any atom is 0.292 e. The Labute approximate surface area is 113 Å². The molecular formula is C16H14N2O. The van der Waals surface area contributed by atoms with Gasteiger partial charge in [0.05, 0.1) is 11.6 Å². The Hall–Kier alpha value is -2.78. The molecule has 0 radical (unpaired) electrons. The molecule has 0 heterocycles. The summed E-state index contributed by atoms with van der Waals surface area (Å²) in [5, 5.41) is 17.1. The van der Waals surface area contributed by atoms with Gasteiger partial charge in [0.2, 0.25) is 0 Å². The van der Waals surface area contributed by atoms with Gasteiger partial charge in [-0.05, 0) is 42.7 Å². The summed E-state index contributed by atoms with van der Waals surface area (Å²) in [6.07, 6.45) is 10.2. The van der Waals surface area contributed by atoms with Crippen molar-refractivity contribution in [3.8, 4) is 12.3 Å². The summed E-state index contributed by atoms with van der Waals surface area (Å²) in [7, 11) is 0. The van der Waals surface area contributed by atoms with E-state index in [-0.39, 0.29) is 0 Å². The second-order valence-electron chi connectivity index (χ2n) is 3.75. The molecule has 94 valence electrons. The van der Waals surface area contributed by atoms with Gasteiger partial charge in [0.15, 0.2) is 0 Å². The van der Waals surface area contributed by atoms with E-state index >= 15 is 0 Å². The van der Waals surface area contributed by atoms with Gasteiger partial charge in [-0.25, -0.2) is 0 Å². The molecule has 0 unspecified atom stereocenters. The maximum absolute atomic E-state index is 8.69. The summed E-state index contributed by atoms with van der Waals surface area (Å²) in [5.41, 5.74) is 1.83. The average Bonchev–Trinajstić information content (AvgIpc) is 2.44. The number of allylic oxidation sites excluding steroid dienone is 4. The van der Waals surface area contributed by atoms with E-state index in [1.807, 2.05) is 18.2 Å². The molecule has 3 nitrogen and oxygen atoms in total. The minimum atomic E-state index is 0.470. The van der Waals surface area contributed by atoms with Crippen molar-refractivity contribution < 1.29 is 4.74 Å². The van der Waals surface area contributed by atoms with Crippen molar-refractivity contribution in [1.29, 1.82) is 10.5 Å². The lowest BCUT2D eigenvalue weighted by Crippen LogP contribution is -1.85. The van der Waals surface area contributed by atoms with E-state index in [1.54, 1.807) is 36.6 Å². The maximum atomic E-state index is 8.69. The molecule has 3 heteroatoms. The van der Waals surface area contributed by atoms with Crippen LogP contribution in [0.15, 0.2) is 60.9 Å². The molecule has 0 saturated carbocycles. The first-order chi connectivity index (χ1) is 9.30. The van der Waals surface area contributed by atoms with Gasteiger partial charge >= 0.3 is 0 Å². The van der Waals surface area contributed by atoms with Gasteiger partial charge in [0.25, 0.3) is 6.26 Å². The molecule has 0 aliphatic rings. The van der Waals surface area contributed by atoms with E-state index < -0.39 is 0 Å². The molecule has 0 aliphatic heterocycles. The van der Waals surface area contributed by atoms with Crippen molar-refractivity contribution >= 4 is 0 Å². The highest BCUT2D eigenvalue weighted by atomic mass is 16.5. The van der Waals surface area contributed by atoms with E-state index in [4.69, 9.17) is 15.3 Å². The van der Waals surface area contributed by atoms with E-state index in [2.05, 4.69) is 12.6 Å². The van der Waals surface area contributed by atoms with Crippen LogP contribution in [-0.2, 0) is 11.2 Å². The Balaban J connectivity index is 2.49. The largest absolute Gasteiger partial charge is 0.388 e. The van der Waals surface area contributed by atoms with Crippen LogP contribution in [-0.4, -0.2) is 0 Å². The molecule has 1 aromatic rings. The third kappa shape index (κ3) is 5.39. The number of hydrogen-bond donors (Lipinski definition) is 0. The van der Waals surface area contributed by atoms with Gasteiger partial charge < -0.3 is 4.74 Å². The first-order valence-corrected chi connectivity index (χ1v) is 5.84. The molecule has 0 spiro atoms. The standard InChI is InChI=1S/C16H14N2O/c1-2-5-16(19-13-18)7-4-3-6-14-8-10-15(12-17)11-9-14/h2,4-5,7-11H,1,3,6H2/b7-4-,16-5+. The molecule has 0 aromatic heterocycles. The van der Waals surface area contributed by atoms with Crippen LogP contribution in [0.25, 0.3) is 0 Å². The zero-order valence-corrected chi connectivity index (χ0v) is 10.5.